The lowest BCUT2D eigenvalue weighted by atomic mass is 10.1. The molecule has 1 fully saturated rings. The zero-order valence-electron chi connectivity index (χ0n) is 16.8. The topological polar surface area (TPSA) is 48.5 Å². The molecule has 5 nitrogen and oxygen atoms in total. The molecule has 0 unspecified atom stereocenters. The first-order chi connectivity index (χ1) is 14.0. The van der Waals surface area contributed by atoms with Gasteiger partial charge in [0, 0.05) is 47.3 Å². The maximum absolute atomic E-state index is 12.5. The van der Waals surface area contributed by atoms with Gasteiger partial charge in [-0.15, -0.1) is 0 Å². The molecule has 0 bridgehead atoms. The normalized spacial score (nSPS) is 14.9. The number of aryl methyl sites for hydroxylation is 1. The lowest BCUT2D eigenvalue weighted by Gasteiger charge is -2.35. The van der Waals surface area contributed by atoms with Crippen molar-refractivity contribution in [3.63, 3.8) is 0 Å². The molecule has 1 amide bonds. The standard InChI is InChI=1S/C23H25BrN4O/c1-3-27-10-12-28(13-11-27)22-14-16(2)20-15-19(8-9-21(20)26-22)25-23(29)17-4-6-18(24)7-5-17/h4-9,14-15H,3,10-13H2,1-2H3,(H,25,29). The number of hydrogen-bond acceptors (Lipinski definition) is 4. The van der Waals surface area contributed by atoms with Crippen LogP contribution < -0.4 is 10.2 Å². The molecule has 1 aromatic heterocycles. The average molecular weight is 453 g/mol. The second-order valence-electron chi connectivity index (χ2n) is 7.41. The van der Waals surface area contributed by atoms with Gasteiger partial charge in [0.1, 0.15) is 5.82 Å². The maximum Gasteiger partial charge on any atom is 0.255 e. The molecule has 2 aromatic carbocycles. The monoisotopic (exact) mass is 452 g/mol. The molecular formula is C23H25BrN4O. The Labute approximate surface area is 179 Å². The second kappa shape index (κ2) is 8.51. The van der Waals surface area contributed by atoms with E-state index in [1.165, 1.54) is 5.56 Å². The summed E-state index contributed by atoms with van der Waals surface area (Å²) in [6.45, 7) is 9.59. The highest BCUT2D eigenvalue weighted by molar-refractivity contribution is 9.10. The summed E-state index contributed by atoms with van der Waals surface area (Å²) in [4.78, 5) is 22.2. The van der Waals surface area contributed by atoms with Gasteiger partial charge in [-0.2, -0.15) is 0 Å². The molecule has 1 aliphatic rings. The summed E-state index contributed by atoms with van der Waals surface area (Å²) in [6.07, 6.45) is 0. The van der Waals surface area contributed by atoms with Crippen molar-refractivity contribution in [3.8, 4) is 0 Å². The number of aromatic nitrogens is 1. The molecule has 0 atom stereocenters. The van der Waals surface area contributed by atoms with Crippen LogP contribution in [0.2, 0.25) is 0 Å². The Balaban J connectivity index is 1.54. The fraction of sp³-hybridized carbons (Fsp3) is 0.304. The van der Waals surface area contributed by atoms with Crippen LogP contribution in [0.15, 0.2) is 53.0 Å². The number of rotatable bonds is 4. The minimum atomic E-state index is -0.118. The number of carbonyl (C=O) groups is 1. The van der Waals surface area contributed by atoms with Crippen LogP contribution in [0.25, 0.3) is 10.9 Å². The van der Waals surface area contributed by atoms with E-state index in [9.17, 15) is 4.79 Å². The summed E-state index contributed by atoms with van der Waals surface area (Å²) < 4.78 is 0.952. The Bertz CT molecular complexity index is 1030. The van der Waals surface area contributed by atoms with Crippen LogP contribution in [0.4, 0.5) is 11.5 Å². The fourth-order valence-electron chi connectivity index (χ4n) is 3.71. The Morgan fingerprint density at radius 1 is 1.07 bits per heavy atom. The first-order valence-electron chi connectivity index (χ1n) is 9.99. The summed E-state index contributed by atoms with van der Waals surface area (Å²) in [5.74, 6) is 0.922. The number of pyridine rings is 1. The van der Waals surface area contributed by atoms with E-state index in [0.29, 0.717) is 5.56 Å². The molecule has 0 saturated carbocycles. The lowest BCUT2D eigenvalue weighted by Crippen LogP contribution is -2.46. The number of halogens is 1. The largest absolute Gasteiger partial charge is 0.354 e. The fourth-order valence-corrected chi connectivity index (χ4v) is 3.98. The van der Waals surface area contributed by atoms with Crippen molar-refractivity contribution in [2.24, 2.45) is 0 Å². The van der Waals surface area contributed by atoms with Crippen LogP contribution in [0.3, 0.4) is 0 Å². The highest BCUT2D eigenvalue weighted by Gasteiger charge is 2.18. The number of fused-ring (bicyclic) bond motifs is 1. The molecule has 1 aliphatic heterocycles. The van der Waals surface area contributed by atoms with E-state index in [-0.39, 0.29) is 5.91 Å². The third-order valence-corrected chi connectivity index (χ3v) is 6.04. The number of benzene rings is 2. The zero-order valence-corrected chi connectivity index (χ0v) is 18.4. The minimum absolute atomic E-state index is 0.118. The number of anilines is 2. The maximum atomic E-state index is 12.5. The number of hydrogen-bond donors (Lipinski definition) is 1. The van der Waals surface area contributed by atoms with E-state index < -0.39 is 0 Å². The van der Waals surface area contributed by atoms with Crippen molar-refractivity contribution in [2.75, 3.05) is 42.9 Å². The van der Waals surface area contributed by atoms with Crippen molar-refractivity contribution in [1.82, 2.24) is 9.88 Å². The summed E-state index contributed by atoms with van der Waals surface area (Å²) in [5.41, 5.74) is 3.53. The van der Waals surface area contributed by atoms with Crippen molar-refractivity contribution in [2.45, 2.75) is 13.8 Å². The Kier molecular flexibility index (Phi) is 5.83. The highest BCUT2D eigenvalue weighted by atomic mass is 79.9. The highest BCUT2D eigenvalue weighted by Crippen LogP contribution is 2.26. The Morgan fingerprint density at radius 2 is 1.79 bits per heavy atom. The molecule has 1 saturated heterocycles. The van der Waals surface area contributed by atoms with Crippen molar-refractivity contribution >= 4 is 44.2 Å². The van der Waals surface area contributed by atoms with Gasteiger partial charge in [-0.1, -0.05) is 22.9 Å². The van der Waals surface area contributed by atoms with E-state index in [2.05, 4.69) is 51.0 Å². The number of carbonyl (C=O) groups excluding carboxylic acids is 1. The molecule has 2 heterocycles. The molecule has 0 spiro atoms. The second-order valence-corrected chi connectivity index (χ2v) is 8.33. The average Bonchev–Trinajstić information content (AvgIpc) is 2.74. The molecule has 0 aliphatic carbocycles. The van der Waals surface area contributed by atoms with Crippen molar-refractivity contribution < 1.29 is 4.79 Å². The number of likely N-dealkylation sites (N-methyl/N-ethyl adjacent to an activating group) is 1. The zero-order chi connectivity index (χ0) is 20.4. The van der Waals surface area contributed by atoms with E-state index in [4.69, 9.17) is 4.98 Å². The van der Waals surface area contributed by atoms with Gasteiger partial charge < -0.3 is 15.1 Å². The van der Waals surface area contributed by atoms with E-state index in [0.717, 1.165) is 59.6 Å². The first kappa shape index (κ1) is 19.9. The van der Waals surface area contributed by atoms with Crippen molar-refractivity contribution in [3.05, 3.63) is 64.1 Å². The first-order valence-corrected chi connectivity index (χ1v) is 10.8. The third kappa shape index (κ3) is 4.43. The van der Waals surface area contributed by atoms with Crippen LogP contribution >= 0.6 is 15.9 Å². The molecule has 1 N–H and O–H groups in total. The van der Waals surface area contributed by atoms with Crippen LogP contribution in [-0.2, 0) is 0 Å². The summed E-state index contributed by atoms with van der Waals surface area (Å²) in [6, 6.07) is 15.4. The van der Waals surface area contributed by atoms with Gasteiger partial charge in [-0.05, 0) is 67.6 Å². The van der Waals surface area contributed by atoms with Crippen LogP contribution in [0.1, 0.15) is 22.8 Å². The smallest absolute Gasteiger partial charge is 0.255 e. The van der Waals surface area contributed by atoms with E-state index >= 15 is 0 Å². The quantitative estimate of drug-likeness (QED) is 0.622. The number of nitrogens with one attached hydrogen (secondary N) is 1. The summed E-state index contributed by atoms with van der Waals surface area (Å²) in [7, 11) is 0. The van der Waals surface area contributed by atoms with E-state index in [1.807, 2.05) is 30.3 Å². The summed E-state index contributed by atoms with van der Waals surface area (Å²) in [5, 5.41) is 4.05. The predicted molar refractivity (Wildman–Crippen MR) is 123 cm³/mol. The van der Waals surface area contributed by atoms with Crippen molar-refractivity contribution in [1.29, 1.82) is 0 Å². The molecular weight excluding hydrogens is 428 g/mol. The van der Waals surface area contributed by atoms with Gasteiger partial charge >= 0.3 is 0 Å². The molecule has 6 heteroatoms. The molecule has 3 aromatic rings. The lowest BCUT2D eigenvalue weighted by molar-refractivity contribution is 0.102. The minimum Gasteiger partial charge on any atom is -0.354 e. The molecule has 29 heavy (non-hydrogen) atoms. The van der Waals surface area contributed by atoms with Gasteiger partial charge in [-0.3, -0.25) is 4.79 Å². The Hall–Kier alpha value is -2.44. The predicted octanol–water partition coefficient (Wildman–Crippen LogP) is 4.70. The SMILES string of the molecule is CCN1CCN(c2cc(C)c3cc(NC(=O)c4ccc(Br)cc4)ccc3n2)CC1. The van der Waals surface area contributed by atoms with Crippen LogP contribution in [0.5, 0.6) is 0 Å². The van der Waals surface area contributed by atoms with Gasteiger partial charge in [0.05, 0.1) is 5.52 Å². The van der Waals surface area contributed by atoms with E-state index in [1.54, 1.807) is 12.1 Å². The van der Waals surface area contributed by atoms with Gasteiger partial charge in [0.15, 0.2) is 0 Å². The third-order valence-electron chi connectivity index (χ3n) is 5.51. The van der Waals surface area contributed by atoms with Gasteiger partial charge in [0.25, 0.3) is 5.91 Å². The molecule has 0 radical (unpaired) electrons. The summed E-state index contributed by atoms with van der Waals surface area (Å²) >= 11 is 3.39. The van der Waals surface area contributed by atoms with Crippen LogP contribution in [0, 0.1) is 6.92 Å². The number of amides is 1. The molecule has 4 rings (SSSR count). The van der Waals surface area contributed by atoms with Gasteiger partial charge in [0.2, 0.25) is 0 Å². The molecule has 150 valence electrons. The van der Waals surface area contributed by atoms with Gasteiger partial charge in [-0.25, -0.2) is 4.98 Å². The Morgan fingerprint density at radius 3 is 2.48 bits per heavy atom. The number of piperazine rings is 1. The van der Waals surface area contributed by atoms with Crippen LogP contribution in [-0.4, -0.2) is 48.5 Å². The number of nitrogens with zero attached hydrogens (tertiary/aromatic N) is 3.